The molecule has 4 rings (SSSR count). The summed E-state index contributed by atoms with van der Waals surface area (Å²) in [5.74, 6) is 1.23. The van der Waals surface area contributed by atoms with Crippen LogP contribution in [0.4, 0.5) is 0 Å². The minimum atomic E-state index is -0.106. The van der Waals surface area contributed by atoms with E-state index < -0.39 is 0 Å². The van der Waals surface area contributed by atoms with Crippen LogP contribution in [0.2, 0.25) is 0 Å². The number of benzene rings is 1. The molecular formula is C17H14O2. The van der Waals surface area contributed by atoms with Gasteiger partial charge in [-0.1, -0.05) is 48.6 Å². The second-order valence-electron chi connectivity index (χ2n) is 5.28. The fourth-order valence-electron chi connectivity index (χ4n) is 3.27. The van der Waals surface area contributed by atoms with E-state index in [9.17, 15) is 4.79 Å². The Hall–Kier alpha value is -2.09. The number of carbonyl (C=O) groups is 1. The molecule has 94 valence electrons. The number of esters is 1. The number of hydrogen-bond acceptors (Lipinski definition) is 2. The van der Waals surface area contributed by atoms with E-state index in [0.29, 0.717) is 12.3 Å². The highest BCUT2D eigenvalue weighted by Gasteiger charge is 2.35. The first-order valence-corrected chi connectivity index (χ1v) is 6.71. The van der Waals surface area contributed by atoms with Crippen molar-refractivity contribution in [3.63, 3.8) is 0 Å². The fourth-order valence-corrected chi connectivity index (χ4v) is 3.27. The van der Waals surface area contributed by atoms with Crippen LogP contribution < -0.4 is 0 Å². The Bertz CT molecular complexity index is 649. The molecule has 2 nitrogen and oxygen atoms in total. The Morgan fingerprint density at radius 3 is 3.00 bits per heavy atom. The lowest BCUT2D eigenvalue weighted by Gasteiger charge is -2.24. The maximum absolute atomic E-state index is 11.5. The van der Waals surface area contributed by atoms with E-state index in [1.54, 1.807) is 0 Å². The lowest BCUT2D eigenvalue weighted by atomic mass is 9.81. The van der Waals surface area contributed by atoms with Gasteiger partial charge in [-0.2, -0.15) is 0 Å². The average molecular weight is 250 g/mol. The number of fused-ring (bicyclic) bond motifs is 4. The second kappa shape index (κ2) is 3.95. The second-order valence-corrected chi connectivity index (χ2v) is 5.28. The summed E-state index contributed by atoms with van der Waals surface area (Å²) < 4.78 is 5.47. The molecule has 0 bridgehead atoms. The Labute approximate surface area is 112 Å². The van der Waals surface area contributed by atoms with Gasteiger partial charge in [0, 0.05) is 11.8 Å². The SMILES string of the molecule is O=C1C[C@H]2C=CC[C@@H]3C(=C2O1)C=Cc1ccccc13. The van der Waals surface area contributed by atoms with E-state index in [1.807, 2.05) is 0 Å². The van der Waals surface area contributed by atoms with E-state index in [-0.39, 0.29) is 11.9 Å². The molecule has 0 unspecified atom stereocenters. The Morgan fingerprint density at radius 2 is 2.05 bits per heavy atom. The summed E-state index contributed by atoms with van der Waals surface area (Å²) in [6.07, 6.45) is 10.0. The van der Waals surface area contributed by atoms with Gasteiger partial charge in [-0.25, -0.2) is 0 Å². The summed E-state index contributed by atoms with van der Waals surface area (Å²) in [5, 5.41) is 0. The van der Waals surface area contributed by atoms with E-state index in [0.717, 1.165) is 12.2 Å². The van der Waals surface area contributed by atoms with Crippen molar-refractivity contribution >= 4 is 12.0 Å². The zero-order chi connectivity index (χ0) is 12.8. The standard InChI is InChI=1S/C17H14O2/c18-16-10-12-5-3-7-14-13-6-2-1-4-11(13)8-9-15(14)17(12)19-16/h1-6,8-9,12,14H,7,10H2/t12-,14+/m1/s1. The van der Waals surface area contributed by atoms with Crippen LogP contribution in [-0.4, -0.2) is 5.97 Å². The molecule has 1 heterocycles. The number of carbonyl (C=O) groups excluding carboxylic acids is 1. The van der Waals surface area contributed by atoms with E-state index in [2.05, 4.69) is 48.6 Å². The summed E-state index contributed by atoms with van der Waals surface area (Å²) in [7, 11) is 0. The third-order valence-electron chi connectivity index (χ3n) is 4.16. The van der Waals surface area contributed by atoms with Gasteiger partial charge in [0.15, 0.2) is 0 Å². The molecule has 0 N–H and O–H groups in total. The molecule has 2 atom stereocenters. The first kappa shape index (κ1) is 10.8. The smallest absolute Gasteiger partial charge is 0.311 e. The molecule has 1 aliphatic heterocycles. The highest BCUT2D eigenvalue weighted by molar-refractivity contribution is 5.76. The van der Waals surface area contributed by atoms with Crippen LogP contribution in [0.15, 0.2) is 53.8 Å². The highest BCUT2D eigenvalue weighted by Crippen LogP contribution is 2.44. The van der Waals surface area contributed by atoms with Gasteiger partial charge < -0.3 is 4.74 Å². The van der Waals surface area contributed by atoms with Gasteiger partial charge in [-0.3, -0.25) is 4.79 Å². The van der Waals surface area contributed by atoms with E-state index in [1.165, 1.54) is 16.7 Å². The molecule has 0 radical (unpaired) electrons. The van der Waals surface area contributed by atoms with E-state index in [4.69, 9.17) is 4.74 Å². The molecule has 1 aromatic rings. The minimum absolute atomic E-state index is 0.106. The molecule has 2 heteroatoms. The zero-order valence-electron chi connectivity index (χ0n) is 10.5. The Balaban J connectivity index is 1.90. The third kappa shape index (κ3) is 1.60. The molecule has 3 aliphatic rings. The molecule has 2 aliphatic carbocycles. The molecule has 1 saturated heterocycles. The van der Waals surface area contributed by atoms with Crippen molar-refractivity contribution in [2.75, 3.05) is 0 Å². The third-order valence-corrected chi connectivity index (χ3v) is 4.16. The van der Waals surface area contributed by atoms with Crippen molar-refractivity contribution < 1.29 is 9.53 Å². The van der Waals surface area contributed by atoms with Crippen LogP contribution in [0.5, 0.6) is 0 Å². The predicted molar refractivity (Wildman–Crippen MR) is 73.2 cm³/mol. The van der Waals surface area contributed by atoms with Crippen LogP contribution in [0, 0.1) is 5.92 Å². The topological polar surface area (TPSA) is 26.3 Å². The molecule has 1 aromatic carbocycles. The van der Waals surface area contributed by atoms with Crippen molar-refractivity contribution in [3.8, 4) is 0 Å². The van der Waals surface area contributed by atoms with Gasteiger partial charge in [0.25, 0.3) is 0 Å². The van der Waals surface area contributed by atoms with Crippen molar-refractivity contribution in [2.24, 2.45) is 5.92 Å². The lowest BCUT2D eigenvalue weighted by Crippen LogP contribution is -2.09. The van der Waals surface area contributed by atoms with Crippen molar-refractivity contribution in [3.05, 3.63) is 65.0 Å². The monoisotopic (exact) mass is 250 g/mol. The molecule has 19 heavy (non-hydrogen) atoms. The van der Waals surface area contributed by atoms with E-state index >= 15 is 0 Å². The summed E-state index contributed by atoms with van der Waals surface area (Å²) in [6.45, 7) is 0. The number of allylic oxidation sites excluding steroid dienone is 4. The first-order chi connectivity index (χ1) is 9.33. The number of rotatable bonds is 0. The van der Waals surface area contributed by atoms with Gasteiger partial charge in [0.05, 0.1) is 6.42 Å². The minimum Gasteiger partial charge on any atom is -0.430 e. The average Bonchev–Trinajstić information content (AvgIpc) is 2.71. The molecule has 0 saturated carbocycles. The van der Waals surface area contributed by atoms with Gasteiger partial charge in [0.1, 0.15) is 5.76 Å². The Morgan fingerprint density at radius 1 is 1.16 bits per heavy atom. The van der Waals surface area contributed by atoms with Crippen molar-refractivity contribution in [1.29, 1.82) is 0 Å². The number of hydrogen-bond donors (Lipinski definition) is 0. The van der Waals surface area contributed by atoms with Gasteiger partial charge in [-0.05, 0) is 23.1 Å². The van der Waals surface area contributed by atoms with Gasteiger partial charge in [-0.15, -0.1) is 0 Å². The van der Waals surface area contributed by atoms with Crippen molar-refractivity contribution in [1.82, 2.24) is 0 Å². The van der Waals surface area contributed by atoms with Crippen molar-refractivity contribution in [2.45, 2.75) is 18.8 Å². The van der Waals surface area contributed by atoms with Crippen LogP contribution in [0.3, 0.4) is 0 Å². The molecule has 0 spiro atoms. The fraction of sp³-hybridized carbons (Fsp3) is 0.235. The van der Waals surface area contributed by atoms with Gasteiger partial charge >= 0.3 is 5.97 Å². The van der Waals surface area contributed by atoms with Crippen LogP contribution >= 0.6 is 0 Å². The summed E-state index contributed by atoms with van der Waals surface area (Å²) >= 11 is 0. The molecule has 1 fully saturated rings. The van der Waals surface area contributed by atoms with Gasteiger partial charge in [0.2, 0.25) is 0 Å². The van der Waals surface area contributed by atoms with Crippen LogP contribution in [0.25, 0.3) is 6.08 Å². The largest absolute Gasteiger partial charge is 0.430 e. The van der Waals surface area contributed by atoms with Crippen LogP contribution in [0.1, 0.15) is 29.9 Å². The molecular weight excluding hydrogens is 236 g/mol. The summed E-state index contributed by atoms with van der Waals surface area (Å²) in [4.78, 5) is 11.5. The molecule has 0 amide bonds. The Kier molecular flexibility index (Phi) is 2.25. The van der Waals surface area contributed by atoms with Crippen LogP contribution in [-0.2, 0) is 9.53 Å². The highest BCUT2D eigenvalue weighted by atomic mass is 16.5. The normalized spacial score (nSPS) is 27.5. The lowest BCUT2D eigenvalue weighted by molar-refractivity contribution is -0.135. The summed E-state index contributed by atoms with van der Waals surface area (Å²) in [6, 6.07) is 8.45. The molecule has 0 aromatic heterocycles. The quantitative estimate of drug-likeness (QED) is 0.519. The predicted octanol–water partition coefficient (Wildman–Crippen LogP) is 3.57. The number of ether oxygens (including phenoxy) is 1. The summed E-state index contributed by atoms with van der Waals surface area (Å²) in [5.41, 5.74) is 3.79. The maximum atomic E-state index is 11.5. The first-order valence-electron chi connectivity index (χ1n) is 6.71. The maximum Gasteiger partial charge on any atom is 0.311 e. The zero-order valence-corrected chi connectivity index (χ0v) is 10.5.